The SMILES string of the molecule is O=C(O)CN1C(=O)C(N[C@@H](CCCCNCCO)C(=O)O)CCc2ccccc21. The molecule has 1 unspecified atom stereocenters. The fourth-order valence-corrected chi connectivity index (χ4v) is 3.49. The third-order valence-electron chi connectivity index (χ3n) is 4.93. The highest BCUT2D eigenvalue weighted by Gasteiger charge is 2.33. The first-order valence-electron chi connectivity index (χ1n) is 9.85. The van der Waals surface area contributed by atoms with E-state index in [1.807, 2.05) is 12.1 Å². The Hall–Kier alpha value is -2.49. The molecule has 0 aliphatic carbocycles. The number of nitrogens with one attached hydrogen (secondary N) is 2. The number of hydrogen-bond acceptors (Lipinski definition) is 6. The molecular formula is C20H29N3O6. The van der Waals surface area contributed by atoms with E-state index in [9.17, 15) is 24.6 Å². The van der Waals surface area contributed by atoms with Crippen LogP contribution in [0, 0.1) is 0 Å². The van der Waals surface area contributed by atoms with Crippen molar-refractivity contribution in [2.75, 3.05) is 31.1 Å². The molecule has 160 valence electrons. The van der Waals surface area contributed by atoms with Crippen molar-refractivity contribution < 1.29 is 29.7 Å². The van der Waals surface area contributed by atoms with Crippen molar-refractivity contribution >= 4 is 23.5 Å². The van der Waals surface area contributed by atoms with E-state index in [-0.39, 0.29) is 6.61 Å². The van der Waals surface area contributed by atoms with Crippen LogP contribution in [-0.2, 0) is 20.8 Å². The van der Waals surface area contributed by atoms with Gasteiger partial charge in [0.25, 0.3) is 0 Å². The number of hydrogen-bond donors (Lipinski definition) is 5. The fourth-order valence-electron chi connectivity index (χ4n) is 3.49. The van der Waals surface area contributed by atoms with Crippen molar-refractivity contribution in [2.24, 2.45) is 0 Å². The lowest BCUT2D eigenvalue weighted by atomic mass is 10.0. The van der Waals surface area contributed by atoms with Gasteiger partial charge in [-0.15, -0.1) is 0 Å². The molecule has 29 heavy (non-hydrogen) atoms. The van der Waals surface area contributed by atoms with Gasteiger partial charge in [-0.1, -0.05) is 24.6 Å². The highest BCUT2D eigenvalue weighted by molar-refractivity contribution is 6.02. The lowest BCUT2D eigenvalue weighted by molar-refractivity contribution is -0.140. The van der Waals surface area contributed by atoms with Gasteiger partial charge >= 0.3 is 11.9 Å². The average molecular weight is 407 g/mol. The summed E-state index contributed by atoms with van der Waals surface area (Å²) in [5.74, 6) is -2.58. The zero-order valence-electron chi connectivity index (χ0n) is 16.3. The number of aliphatic hydroxyl groups is 1. The van der Waals surface area contributed by atoms with Crippen molar-refractivity contribution in [3.8, 4) is 0 Å². The van der Waals surface area contributed by atoms with E-state index in [1.165, 1.54) is 4.90 Å². The number of carbonyl (C=O) groups excluding carboxylic acids is 1. The monoisotopic (exact) mass is 407 g/mol. The number of aliphatic hydroxyl groups excluding tert-OH is 1. The topological polar surface area (TPSA) is 139 Å². The van der Waals surface area contributed by atoms with Gasteiger partial charge in [0.2, 0.25) is 5.91 Å². The zero-order chi connectivity index (χ0) is 21.2. The van der Waals surface area contributed by atoms with Gasteiger partial charge < -0.3 is 20.6 Å². The predicted molar refractivity (Wildman–Crippen MR) is 107 cm³/mol. The maximum atomic E-state index is 13.0. The van der Waals surface area contributed by atoms with Crippen LogP contribution in [0.4, 0.5) is 5.69 Å². The molecule has 0 bridgehead atoms. The summed E-state index contributed by atoms with van der Waals surface area (Å²) in [5.41, 5.74) is 1.43. The number of aryl methyl sites for hydroxylation is 1. The number of rotatable bonds is 12. The number of nitrogens with zero attached hydrogens (tertiary/aromatic N) is 1. The molecule has 0 saturated carbocycles. The van der Waals surface area contributed by atoms with Crippen molar-refractivity contribution in [1.82, 2.24) is 10.6 Å². The summed E-state index contributed by atoms with van der Waals surface area (Å²) in [6.07, 6.45) is 2.69. The quantitative estimate of drug-likeness (QED) is 0.310. The highest BCUT2D eigenvalue weighted by atomic mass is 16.4. The summed E-state index contributed by atoms with van der Waals surface area (Å²) in [6, 6.07) is 5.49. The Labute approximate surface area is 169 Å². The van der Waals surface area contributed by atoms with Gasteiger partial charge in [-0.3, -0.25) is 24.6 Å². The van der Waals surface area contributed by atoms with E-state index in [0.717, 1.165) is 12.0 Å². The summed E-state index contributed by atoms with van der Waals surface area (Å²) >= 11 is 0. The standard InChI is InChI=1S/C20H29N3O6/c24-12-11-21-10-4-3-6-16(20(28)29)22-15-9-8-14-5-1-2-7-17(14)23(19(15)27)13-18(25)26/h1-2,5,7,15-16,21-22,24H,3-4,6,8-13H2,(H,25,26)(H,28,29)/t15?,16-/m0/s1. The minimum atomic E-state index is -1.13. The maximum absolute atomic E-state index is 13.0. The molecule has 1 aliphatic heterocycles. The lowest BCUT2D eigenvalue weighted by Gasteiger charge is -2.26. The van der Waals surface area contributed by atoms with Crippen LogP contribution < -0.4 is 15.5 Å². The number of unbranched alkanes of at least 4 members (excludes halogenated alkanes) is 1. The van der Waals surface area contributed by atoms with E-state index in [0.29, 0.717) is 44.5 Å². The molecule has 2 atom stereocenters. The Kier molecular flexibility index (Phi) is 9.04. The number of carboxylic acids is 2. The third kappa shape index (κ3) is 6.81. The van der Waals surface area contributed by atoms with Crippen LogP contribution in [0.25, 0.3) is 0 Å². The van der Waals surface area contributed by atoms with Gasteiger partial charge in [0.1, 0.15) is 12.6 Å². The second-order valence-corrected chi connectivity index (χ2v) is 7.06. The molecule has 0 radical (unpaired) electrons. The molecule has 9 heteroatoms. The van der Waals surface area contributed by atoms with Crippen molar-refractivity contribution in [3.63, 3.8) is 0 Å². The lowest BCUT2D eigenvalue weighted by Crippen LogP contribution is -2.52. The summed E-state index contributed by atoms with van der Waals surface area (Å²) in [6.45, 7) is 0.759. The minimum Gasteiger partial charge on any atom is -0.480 e. The predicted octanol–water partition coefficient (Wildman–Crippen LogP) is 0.214. The molecule has 0 saturated heterocycles. The summed E-state index contributed by atoms with van der Waals surface area (Å²) in [4.78, 5) is 37.2. The number of aliphatic carboxylic acids is 2. The Morgan fingerprint density at radius 3 is 2.62 bits per heavy atom. The van der Waals surface area contributed by atoms with Crippen LogP contribution >= 0.6 is 0 Å². The highest BCUT2D eigenvalue weighted by Crippen LogP contribution is 2.27. The normalized spacial score (nSPS) is 17.5. The molecule has 9 nitrogen and oxygen atoms in total. The number of amides is 1. The first-order chi connectivity index (χ1) is 13.9. The Morgan fingerprint density at radius 2 is 1.93 bits per heavy atom. The molecule has 0 spiro atoms. The Bertz CT molecular complexity index is 711. The van der Waals surface area contributed by atoms with Gasteiger partial charge in [-0.2, -0.15) is 0 Å². The fraction of sp³-hybridized carbons (Fsp3) is 0.550. The molecule has 0 fully saturated rings. The third-order valence-corrected chi connectivity index (χ3v) is 4.93. The van der Waals surface area contributed by atoms with Gasteiger partial charge in [0.15, 0.2) is 0 Å². The smallest absolute Gasteiger partial charge is 0.323 e. The van der Waals surface area contributed by atoms with Gasteiger partial charge in [0, 0.05) is 12.2 Å². The van der Waals surface area contributed by atoms with E-state index in [4.69, 9.17) is 5.11 Å². The number of anilines is 1. The van der Waals surface area contributed by atoms with Crippen LogP contribution in [0.2, 0.25) is 0 Å². The molecule has 0 aromatic heterocycles. The first kappa shape index (κ1) is 22.8. The second kappa shape index (κ2) is 11.5. The van der Waals surface area contributed by atoms with Gasteiger partial charge in [-0.25, -0.2) is 0 Å². The van der Waals surface area contributed by atoms with Crippen LogP contribution in [0.1, 0.15) is 31.2 Å². The summed E-state index contributed by atoms with van der Waals surface area (Å²) in [7, 11) is 0. The van der Waals surface area contributed by atoms with Gasteiger partial charge in [0.05, 0.1) is 12.6 Å². The molecule has 5 N–H and O–H groups in total. The van der Waals surface area contributed by atoms with Crippen molar-refractivity contribution in [2.45, 2.75) is 44.2 Å². The minimum absolute atomic E-state index is 0.0539. The Morgan fingerprint density at radius 1 is 1.17 bits per heavy atom. The van der Waals surface area contributed by atoms with Crippen LogP contribution in [0.15, 0.2) is 24.3 Å². The largest absolute Gasteiger partial charge is 0.480 e. The number of carboxylic acid groups (broad SMARTS) is 2. The average Bonchev–Trinajstić information content (AvgIpc) is 2.81. The maximum Gasteiger partial charge on any atom is 0.323 e. The Balaban J connectivity index is 2.05. The number of benzene rings is 1. The second-order valence-electron chi connectivity index (χ2n) is 7.06. The molecule has 1 amide bonds. The van der Waals surface area contributed by atoms with Crippen molar-refractivity contribution in [3.05, 3.63) is 29.8 Å². The van der Waals surface area contributed by atoms with Crippen LogP contribution in [0.5, 0.6) is 0 Å². The number of para-hydroxylation sites is 1. The van der Waals surface area contributed by atoms with Gasteiger partial charge in [-0.05, 0) is 43.9 Å². The summed E-state index contributed by atoms with van der Waals surface area (Å²) < 4.78 is 0. The van der Waals surface area contributed by atoms with E-state index in [2.05, 4.69) is 10.6 Å². The number of fused-ring (bicyclic) bond motifs is 1. The molecule has 2 rings (SSSR count). The van der Waals surface area contributed by atoms with Crippen molar-refractivity contribution in [1.29, 1.82) is 0 Å². The van der Waals surface area contributed by atoms with E-state index >= 15 is 0 Å². The molecule has 1 heterocycles. The number of carbonyl (C=O) groups is 3. The van der Waals surface area contributed by atoms with E-state index < -0.39 is 36.5 Å². The summed E-state index contributed by atoms with van der Waals surface area (Å²) in [5, 5.41) is 33.5. The van der Waals surface area contributed by atoms with E-state index in [1.54, 1.807) is 12.1 Å². The molecule has 1 aromatic rings. The van der Waals surface area contributed by atoms with Crippen LogP contribution in [-0.4, -0.2) is 71.5 Å². The van der Waals surface area contributed by atoms with Crippen LogP contribution in [0.3, 0.4) is 0 Å². The zero-order valence-corrected chi connectivity index (χ0v) is 16.3. The molecule has 1 aliphatic rings. The first-order valence-corrected chi connectivity index (χ1v) is 9.85. The molecule has 1 aromatic carbocycles. The molecular weight excluding hydrogens is 378 g/mol.